The van der Waals surface area contributed by atoms with E-state index in [-0.39, 0.29) is 24.6 Å². The molecule has 2 bridgehead atoms. The molecule has 6 nitrogen and oxygen atoms in total. The number of benzene rings is 1. The number of carbonyl (C=O) groups is 1. The summed E-state index contributed by atoms with van der Waals surface area (Å²) in [5, 5.41) is 4.03. The van der Waals surface area contributed by atoms with Gasteiger partial charge >= 0.3 is 0 Å². The normalized spacial score (nSPS) is 27.3. The maximum atomic E-state index is 11.7. The molecule has 2 saturated heterocycles. The van der Waals surface area contributed by atoms with E-state index < -0.39 is 6.29 Å². The zero-order valence-corrected chi connectivity index (χ0v) is 11.8. The van der Waals surface area contributed by atoms with Crippen molar-refractivity contribution < 1.29 is 23.5 Å². The molecule has 2 aliphatic rings. The van der Waals surface area contributed by atoms with Gasteiger partial charge in [0, 0.05) is 18.1 Å². The molecule has 2 aromatic rings. The molecule has 0 aliphatic carbocycles. The second kappa shape index (κ2) is 5.64. The minimum atomic E-state index is -0.695. The van der Waals surface area contributed by atoms with E-state index in [0.29, 0.717) is 18.8 Å². The molecular weight excluding hydrogens is 286 g/mol. The first kappa shape index (κ1) is 13.6. The van der Waals surface area contributed by atoms with Gasteiger partial charge in [0.15, 0.2) is 11.5 Å². The minimum Gasteiger partial charge on any atom is -0.367 e. The van der Waals surface area contributed by atoms with Gasteiger partial charge in [-0.15, -0.1) is 0 Å². The summed E-state index contributed by atoms with van der Waals surface area (Å²) in [5.74, 6) is 0.550. The summed E-state index contributed by atoms with van der Waals surface area (Å²) in [4.78, 5) is 11.7. The van der Waals surface area contributed by atoms with Crippen LogP contribution in [-0.4, -0.2) is 36.0 Å². The van der Waals surface area contributed by atoms with Gasteiger partial charge < -0.3 is 18.7 Å². The summed E-state index contributed by atoms with van der Waals surface area (Å²) in [6.07, 6.45) is -0.856. The largest absolute Gasteiger partial charge is 0.367 e. The Balaban J connectivity index is 1.40. The first-order valence-corrected chi connectivity index (χ1v) is 7.22. The SMILES string of the molecule is O=C1C[C@H](OCc2cc(-c3ccccc3)no2)[C@H]2CO[C@@H]1O2. The van der Waals surface area contributed by atoms with E-state index in [4.69, 9.17) is 18.7 Å². The van der Waals surface area contributed by atoms with Gasteiger partial charge in [-0.25, -0.2) is 0 Å². The van der Waals surface area contributed by atoms with Gasteiger partial charge in [0.05, 0.1) is 12.7 Å². The van der Waals surface area contributed by atoms with Crippen molar-refractivity contribution >= 4 is 5.78 Å². The number of Topliss-reactive ketones (excluding diaryl/α,β-unsaturated/α-hetero) is 1. The fourth-order valence-electron chi connectivity index (χ4n) is 2.69. The summed E-state index contributed by atoms with van der Waals surface area (Å²) in [5.41, 5.74) is 1.75. The molecule has 0 unspecified atom stereocenters. The van der Waals surface area contributed by atoms with E-state index in [1.165, 1.54) is 0 Å². The number of ketones is 1. The van der Waals surface area contributed by atoms with Crippen molar-refractivity contribution in [3.63, 3.8) is 0 Å². The molecule has 1 aromatic heterocycles. The monoisotopic (exact) mass is 301 g/mol. The second-order valence-corrected chi connectivity index (χ2v) is 5.40. The van der Waals surface area contributed by atoms with E-state index in [9.17, 15) is 4.79 Å². The maximum absolute atomic E-state index is 11.7. The molecule has 3 heterocycles. The van der Waals surface area contributed by atoms with Crippen LogP contribution in [0.25, 0.3) is 11.3 Å². The third-order valence-corrected chi connectivity index (χ3v) is 3.86. The maximum Gasteiger partial charge on any atom is 0.218 e. The zero-order chi connectivity index (χ0) is 14.9. The zero-order valence-electron chi connectivity index (χ0n) is 11.8. The van der Waals surface area contributed by atoms with Gasteiger partial charge in [0.25, 0.3) is 0 Å². The highest BCUT2D eigenvalue weighted by Crippen LogP contribution is 2.28. The summed E-state index contributed by atoms with van der Waals surface area (Å²) < 4.78 is 21.7. The van der Waals surface area contributed by atoms with E-state index in [2.05, 4.69) is 5.16 Å². The molecule has 1 aromatic carbocycles. The van der Waals surface area contributed by atoms with Gasteiger partial charge in [-0.3, -0.25) is 4.79 Å². The third-order valence-electron chi connectivity index (χ3n) is 3.86. The van der Waals surface area contributed by atoms with Gasteiger partial charge in [-0.1, -0.05) is 35.5 Å². The van der Waals surface area contributed by atoms with Crippen LogP contribution in [0, 0.1) is 0 Å². The van der Waals surface area contributed by atoms with E-state index in [1.807, 2.05) is 36.4 Å². The van der Waals surface area contributed by atoms with Gasteiger partial charge in [0.2, 0.25) is 6.29 Å². The van der Waals surface area contributed by atoms with Gasteiger partial charge in [-0.2, -0.15) is 0 Å². The summed E-state index contributed by atoms with van der Waals surface area (Å²) in [6.45, 7) is 0.648. The standard InChI is InChI=1S/C16H15NO5/c18-13-7-14(15-9-20-16(13)21-15)19-8-11-6-12(17-22-11)10-4-2-1-3-5-10/h1-6,14-16H,7-9H2/t14-,15+,16+/m0/s1. The molecule has 4 rings (SSSR count). The fourth-order valence-corrected chi connectivity index (χ4v) is 2.69. The highest BCUT2D eigenvalue weighted by atomic mass is 16.7. The highest BCUT2D eigenvalue weighted by molar-refractivity contribution is 5.83. The summed E-state index contributed by atoms with van der Waals surface area (Å²) in [6, 6.07) is 11.6. The summed E-state index contributed by atoms with van der Waals surface area (Å²) >= 11 is 0. The van der Waals surface area contributed by atoms with Crippen molar-refractivity contribution in [2.75, 3.05) is 6.61 Å². The molecule has 0 spiro atoms. The van der Waals surface area contributed by atoms with Crippen LogP contribution in [0.3, 0.4) is 0 Å². The fraction of sp³-hybridized carbons (Fsp3) is 0.375. The first-order valence-electron chi connectivity index (χ1n) is 7.22. The van der Waals surface area contributed by atoms with Crippen LogP contribution in [0.4, 0.5) is 0 Å². The molecule has 6 heteroatoms. The van der Waals surface area contributed by atoms with Gasteiger partial charge in [-0.05, 0) is 0 Å². The van der Waals surface area contributed by atoms with Crippen LogP contribution in [-0.2, 0) is 25.6 Å². The quantitative estimate of drug-likeness (QED) is 0.859. The number of nitrogens with zero attached hydrogens (tertiary/aromatic N) is 1. The van der Waals surface area contributed by atoms with E-state index >= 15 is 0 Å². The highest BCUT2D eigenvalue weighted by Gasteiger charge is 2.43. The number of aromatic nitrogens is 1. The van der Waals surface area contributed by atoms with Crippen LogP contribution in [0.5, 0.6) is 0 Å². The number of ether oxygens (including phenoxy) is 3. The Labute approximate surface area is 126 Å². The Hall–Kier alpha value is -2.02. The predicted molar refractivity (Wildman–Crippen MR) is 74.8 cm³/mol. The lowest BCUT2D eigenvalue weighted by Gasteiger charge is -2.25. The molecule has 2 fully saturated rings. The van der Waals surface area contributed by atoms with Crippen molar-refractivity contribution in [1.82, 2.24) is 5.16 Å². The van der Waals surface area contributed by atoms with Crippen molar-refractivity contribution in [2.45, 2.75) is 31.5 Å². The Bertz CT molecular complexity index is 668. The number of fused-ring (bicyclic) bond motifs is 2. The van der Waals surface area contributed by atoms with Crippen LogP contribution in [0.2, 0.25) is 0 Å². The average molecular weight is 301 g/mol. The van der Waals surface area contributed by atoms with Gasteiger partial charge in [0.1, 0.15) is 18.4 Å². The molecule has 0 N–H and O–H groups in total. The summed E-state index contributed by atoms with van der Waals surface area (Å²) in [7, 11) is 0. The van der Waals surface area contributed by atoms with Crippen LogP contribution in [0.1, 0.15) is 12.2 Å². The van der Waals surface area contributed by atoms with Crippen LogP contribution >= 0.6 is 0 Å². The molecular formula is C16H15NO5. The lowest BCUT2D eigenvalue weighted by Crippen LogP contribution is -2.40. The minimum absolute atomic E-state index is 0.0682. The third kappa shape index (κ3) is 2.56. The van der Waals surface area contributed by atoms with Crippen LogP contribution in [0.15, 0.2) is 40.9 Å². The number of carbonyl (C=O) groups excluding carboxylic acids is 1. The Morgan fingerprint density at radius 1 is 1.27 bits per heavy atom. The predicted octanol–water partition coefficient (Wildman–Crippen LogP) is 1.94. The lowest BCUT2D eigenvalue weighted by molar-refractivity contribution is -0.168. The molecule has 3 atom stereocenters. The number of hydrogen-bond donors (Lipinski definition) is 0. The molecule has 2 aliphatic heterocycles. The van der Waals surface area contributed by atoms with Crippen molar-refractivity contribution in [2.24, 2.45) is 0 Å². The number of hydrogen-bond acceptors (Lipinski definition) is 6. The van der Waals surface area contributed by atoms with E-state index in [1.54, 1.807) is 0 Å². The molecule has 22 heavy (non-hydrogen) atoms. The lowest BCUT2D eigenvalue weighted by atomic mass is 10.1. The Kier molecular flexibility index (Phi) is 3.49. The Morgan fingerprint density at radius 3 is 3.00 bits per heavy atom. The topological polar surface area (TPSA) is 70.8 Å². The molecule has 0 amide bonds. The van der Waals surface area contributed by atoms with Crippen molar-refractivity contribution in [3.8, 4) is 11.3 Å². The smallest absolute Gasteiger partial charge is 0.218 e. The first-order chi connectivity index (χ1) is 10.8. The molecule has 114 valence electrons. The van der Waals surface area contributed by atoms with Crippen molar-refractivity contribution in [1.29, 1.82) is 0 Å². The van der Waals surface area contributed by atoms with E-state index in [0.717, 1.165) is 11.3 Å². The average Bonchev–Trinajstić information content (AvgIpc) is 3.19. The number of rotatable bonds is 4. The van der Waals surface area contributed by atoms with Crippen LogP contribution < -0.4 is 0 Å². The van der Waals surface area contributed by atoms with Crippen molar-refractivity contribution in [3.05, 3.63) is 42.2 Å². The Morgan fingerprint density at radius 2 is 2.14 bits per heavy atom. The molecule has 0 saturated carbocycles. The molecule has 0 radical (unpaired) electrons. The second-order valence-electron chi connectivity index (χ2n) is 5.40.